The van der Waals surface area contributed by atoms with Crippen molar-refractivity contribution in [3.63, 3.8) is 0 Å². The average molecular weight is 464 g/mol. The number of para-hydroxylation sites is 2. The summed E-state index contributed by atoms with van der Waals surface area (Å²) in [7, 11) is -3.41. The Labute approximate surface area is 190 Å². The third-order valence-corrected chi connectivity index (χ3v) is 6.46. The third kappa shape index (κ3) is 4.45. The number of ether oxygens (including phenoxy) is 1. The van der Waals surface area contributed by atoms with Gasteiger partial charge in [-0.25, -0.2) is 18.4 Å². The minimum Gasteiger partial charge on any atom is -0.455 e. The zero-order valence-electron chi connectivity index (χ0n) is 17.9. The molecule has 1 aliphatic rings. The Balaban J connectivity index is 1.51. The Bertz CT molecular complexity index is 1410. The maximum Gasteiger partial charge on any atom is 0.227 e. The number of sulfone groups is 1. The normalized spacial score (nSPS) is 14.2. The van der Waals surface area contributed by atoms with Crippen molar-refractivity contribution in [2.24, 2.45) is 0 Å². The molecule has 1 aliphatic heterocycles. The Morgan fingerprint density at radius 2 is 1.97 bits per heavy atom. The van der Waals surface area contributed by atoms with Gasteiger partial charge in [-0.15, -0.1) is 0 Å². The number of oxazole rings is 1. The van der Waals surface area contributed by atoms with E-state index in [1.165, 1.54) is 12.3 Å². The lowest BCUT2D eigenvalue weighted by Gasteiger charge is -2.19. The molecule has 0 bridgehead atoms. The summed E-state index contributed by atoms with van der Waals surface area (Å²) in [6, 6.07) is 16.1. The number of hydrogen-bond donors (Lipinski definition) is 0. The topological polar surface area (TPSA) is 103 Å². The van der Waals surface area contributed by atoms with Gasteiger partial charge in [-0.3, -0.25) is 4.79 Å². The maximum absolute atomic E-state index is 12.2. The van der Waals surface area contributed by atoms with E-state index in [9.17, 15) is 13.2 Å². The van der Waals surface area contributed by atoms with E-state index in [0.29, 0.717) is 42.5 Å². The van der Waals surface area contributed by atoms with Gasteiger partial charge >= 0.3 is 0 Å². The quantitative estimate of drug-likeness (QED) is 0.422. The number of aromatic nitrogens is 2. The molecule has 0 saturated carbocycles. The van der Waals surface area contributed by atoms with Crippen LogP contribution in [0.5, 0.6) is 11.5 Å². The zero-order chi connectivity index (χ0) is 23.0. The summed E-state index contributed by atoms with van der Waals surface area (Å²) in [6.07, 6.45) is 3.86. The lowest BCUT2D eigenvalue weighted by molar-refractivity contribution is -0.128. The van der Waals surface area contributed by atoms with Gasteiger partial charge in [0.25, 0.3) is 0 Å². The number of carbonyl (C=O) groups is 1. The number of hydrogen-bond acceptors (Lipinski definition) is 7. The summed E-state index contributed by atoms with van der Waals surface area (Å²) in [5, 5.41) is -0.0297. The smallest absolute Gasteiger partial charge is 0.227 e. The highest BCUT2D eigenvalue weighted by atomic mass is 32.2. The zero-order valence-corrected chi connectivity index (χ0v) is 18.7. The molecule has 5 rings (SSSR count). The fourth-order valence-corrected chi connectivity index (χ4v) is 4.32. The number of amides is 1. The molecule has 3 heterocycles. The minimum atomic E-state index is -3.41. The summed E-state index contributed by atoms with van der Waals surface area (Å²) < 4.78 is 35.4. The Hall–Kier alpha value is -3.72. The summed E-state index contributed by atoms with van der Waals surface area (Å²) >= 11 is 0. The molecular formula is C24H21N3O5S. The number of benzene rings is 2. The number of rotatable bonds is 6. The number of nitrogens with zero attached hydrogens (tertiary/aromatic N) is 3. The largest absolute Gasteiger partial charge is 0.455 e. The molecule has 4 aromatic rings. The molecule has 0 radical (unpaired) electrons. The molecule has 168 valence electrons. The van der Waals surface area contributed by atoms with Crippen molar-refractivity contribution in [3.8, 4) is 23.0 Å². The van der Waals surface area contributed by atoms with Crippen LogP contribution in [0, 0.1) is 0 Å². The van der Waals surface area contributed by atoms with Gasteiger partial charge in [-0.05, 0) is 42.8 Å². The van der Waals surface area contributed by atoms with E-state index in [-0.39, 0.29) is 10.9 Å². The van der Waals surface area contributed by atoms with Gasteiger partial charge in [0.15, 0.2) is 20.4 Å². The number of likely N-dealkylation sites (tertiary alicyclic amines) is 1. The Kier molecular flexibility index (Phi) is 5.33. The first-order chi connectivity index (χ1) is 15.9. The highest BCUT2D eigenvalue weighted by molar-refractivity contribution is 7.90. The summed E-state index contributed by atoms with van der Waals surface area (Å²) in [5.41, 5.74) is 2.97. The van der Waals surface area contributed by atoms with Crippen LogP contribution in [0.15, 0.2) is 70.2 Å². The van der Waals surface area contributed by atoms with Gasteiger partial charge in [0.1, 0.15) is 17.0 Å². The molecule has 1 fully saturated rings. The first kappa shape index (κ1) is 21.1. The van der Waals surface area contributed by atoms with E-state index in [4.69, 9.17) is 9.15 Å². The van der Waals surface area contributed by atoms with E-state index in [1.54, 1.807) is 11.0 Å². The van der Waals surface area contributed by atoms with E-state index >= 15 is 0 Å². The third-order valence-electron chi connectivity index (χ3n) is 5.46. The summed E-state index contributed by atoms with van der Waals surface area (Å²) in [4.78, 5) is 22.5. The molecule has 1 amide bonds. The van der Waals surface area contributed by atoms with Gasteiger partial charge in [0.2, 0.25) is 11.8 Å². The molecular weight excluding hydrogens is 442 g/mol. The molecule has 2 aromatic heterocycles. The van der Waals surface area contributed by atoms with Crippen molar-refractivity contribution < 1.29 is 22.4 Å². The standard InChI is InChI=1S/C24H21N3O5S/c1-33(29,30)22-11-10-18(14-25-22)31-21-13-16(24-26-19-5-2-3-6-20(19)32-24)8-9-17(21)15-27-12-4-7-23(27)28/h2-3,5-6,8-11,13-14H,4,7,12,15H2,1H3. The predicted octanol–water partition coefficient (Wildman–Crippen LogP) is 4.21. The van der Waals surface area contributed by atoms with Crippen LogP contribution in [-0.4, -0.2) is 42.0 Å². The second-order valence-electron chi connectivity index (χ2n) is 7.93. The predicted molar refractivity (Wildman–Crippen MR) is 122 cm³/mol. The first-order valence-electron chi connectivity index (χ1n) is 10.5. The summed E-state index contributed by atoms with van der Waals surface area (Å²) in [5.74, 6) is 1.47. The van der Waals surface area contributed by atoms with Gasteiger partial charge in [0, 0.05) is 36.9 Å². The molecule has 2 aromatic carbocycles. The van der Waals surface area contributed by atoms with Crippen molar-refractivity contribution >= 4 is 26.8 Å². The molecule has 0 spiro atoms. The SMILES string of the molecule is CS(=O)(=O)c1ccc(Oc2cc(-c3nc4ccccc4o3)ccc2CN2CCCC2=O)cn1. The molecule has 0 aliphatic carbocycles. The molecule has 0 N–H and O–H groups in total. The molecule has 1 saturated heterocycles. The fraction of sp³-hybridized carbons (Fsp3) is 0.208. The summed E-state index contributed by atoms with van der Waals surface area (Å²) in [6.45, 7) is 1.12. The molecule has 0 unspecified atom stereocenters. The van der Waals surface area contributed by atoms with Crippen LogP contribution >= 0.6 is 0 Å². The number of fused-ring (bicyclic) bond motifs is 1. The van der Waals surface area contributed by atoms with Gasteiger partial charge in [0.05, 0.1) is 6.20 Å². The van der Waals surface area contributed by atoms with Crippen LogP contribution in [0.2, 0.25) is 0 Å². The van der Waals surface area contributed by atoms with Gasteiger partial charge < -0.3 is 14.1 Å². The maximum atomic E-state index is 12.2. The number of pyridine rings is 1. The van der Waals surface area contributed by atoms with Crippen LogP contribution in [0.25, 0.3) is 22.6 Å². The monoisotopic (exact) mass is 463 g/mol. The van der Waals surface area contributed by atoms with Crippen molar-refractivity contribution in [3.05, 3.63) is 66.4 Å². The number of carbonyl (C=O) groups excluding carboxylic acids is 1. The highest BCUT2D eigenvalue weighted by Crippen LogP contribution is 2.33. The van der Waals surface area contributed by atoms with E-state index in [2.05, 4.69) is 9.97 Å². The Morgan fingerprint density at radius 1 is 1.12 bits per heavy atom. The van der Waals surface area contributed by atoms with Crippen LogP contribution < -0.4 is 4.74 Å². The Morgan fingerprint density at radius 3 is 2.67 bits per heavy atom. The van der Waals surface area contributed by atoms with Crippen LogP contribution in [-0.2, 0) is 21.2 Å². The molecule has 8 nitrogen and oxygen atoms in total. The van der Waals surface area contributed by atoms with E-state index < -0.39 is 9.84 Å². The lowest BCUT2D eigenvalue weighted by Crippen LogP contribution is -2.24. The van der Waals surface area contributed by atoms with E-state index in [1.807, 2.05) is 42.5 Å². The van der Waals surface area contributed by atoms with Crippen molar-refractivity contribution in [2.45, 2.75) is 24.4 Å². The molecule has 33 heavy (non-hydrogen) atoms. The highest BCUT2D eigenvalue weighted by Gasteiger charge is 2.22. The van der Waals surface area contributed by atoms with Crippen molar-refractivity contribution in [1.82, 2.24) is 14.9 Å². The van der Waals surface area contributed by atoms with Crippen LogP contribution in [0.4, 0.5) is 0 Å². The van der Waals surface area contributed by atoms with Crippen LogP contribution in [0.1, 0.15) is 18.4 Å². The average Bonchev–Trinajstić information content (AvgIpc) is 3.41. The fourth-order valence-electron chi connectivity index (χ4n) is 3.76. The van der Waals surface area contributed by atoms with E-state index in [0.717, 1.165) is 29.3 Å². The van der Waals surface area contributed by atoms with Gasteiger partial charge in [-0.2, -0.15) is 0 Å². The first-order valence-corrected chi connectivity index (χ1v) is 12.4. The molecule has 0 atom stereocenters. The van der Waals surface area contributed by atoms with Crippen molar-refractivity contribution in [1.29, 1.82) is 0 Å². The molecule has 9 heteroatoms. The minimum absolute atomic E-state index is 0.0297. The van der Waals surface area contributed by atoms with Gasteiger partial charge in [-0.1, -0.05) is 18.2 Å². The van der Waals surface area contributed by atoms with Crippen LogP contribution in [0.3, 0.4) is 0 Å². The second kappa shape index (κ2) is 8.32. The second-order valence-corrected chi connectivity index (χ2v) is 9.90. The van der Waals surface area contributed by atoms with Crippen molar-refractivity contribution in [2.75, 3.05) is 12.8 Å². The lowest BCUT2D eigenvalue weighted by atomic mass is 10.1.